The zero-order valence-corrected chi connectivity index (χ0v) is 15.0. The summed E-state index contributed by atoms with van der Waals surface area (Å²) in [7, 11) is 1.33. The lowest BCUT2D eigenvalue weighted by molar-refractivity contribution is 0.0697. The molecule has 27 heavy (non-hydrogen) atoms. The fourth-order valence-corrected chi connectivity index (χ4v) is 3.98. The van der Waals surface area contributed by atoms with Gasteiger partial charge in [0.2, 0.25) is 0 Å². The summed E-state index contributed by atoms with van der Waals surface area (Å²) in [5.41, 5.74) is 6.97. The number of carboxylic acids is 1. The molecule has 1 aliphatic heterocycles. The number of hydrogen-bond donors (Lipinski definition) is 2. The van der Waals surface area contributed by atoms with Gasteiger partial charge in [-0.1, -0.05) is 5.16 Å². The molecule has 3 heterocycles. The molecule has 0 radical (unpaired) electrons. The van der Waals surface area contributed by atoms with Gasteiger partial charge in [0.15, 0.2) is 33.8 Å². The largest absolute Gasteiger partial charge is 0.494 e. The molecule has 0 fully saturated rings. The number of thiazole rings is 1. The predicted octanol–water partition coefficient (Wildman–Crippen LogP) is 2.79. The average Bonchev–Trinajstić information content (AvgIpc) is 3.24. The minimum Gasteiger partial charge on any atom is -0.494 e. The number of benzene rings is 1. The Balaban J connectivity index is 1.75. The highest BCUT2D eigenvalue weighted by atomic mass is 32.1. The van der Waals surface area contributed by atoms with Crippen LogP contribution in [0.15, 0.2) is 22.7 Å². The van der Waals surface area contributed by atoms with Crippen LogP contribution in [0.1, 0.15) is 20.9 Å². The molecule has 4 rings (SSSR count). The Labute approximate surface area is 157 Å². The van der Waals surface area contributed by atoms with Crippen LogP contribution in [-0.4, -0.2) is 34.9 Å². The van der Waals surface area contributed by atoms with Crippen LogP contribution < -0.4 is 15.4 Å². The highest BCUT2D eigenvalue weighted by Crippen LogP contribution is 2.36. The minimum atomic E-state index is -1.18. The molecule has 0 unspecified atom stereocenters. The van der Waals surface area contributed by atoms with E-state index in [-0.39, 0.29) is 22.9 Å². The molecular formula is C17H15FN4O4S. The number of nitrogen functional groups attached to an aromatic ring is 1. The van der Waals surface area contributed by atoms with E-state index in [1.807, 2.05) is 4.90 Å². The monoisotopic (exact) mass is 390 g/mol. The van der Waals surface area contributed by atoms with E-state index in [9.17, 15) is 14.3 Å². The summed E-state index contributed by atoms with van der Waals surface area (Å²) in [6.07, 6.45) is 0.634. The van der Waals surface area contributed by atoms with Gasteiger partial charge in [0.25, 0.3) is 0 Å². The topological polar surface area (TPSA) is 115 Å². The number of aromatic carboxylic acids is 1. The van der Waals surface area contributed by atoms with E-state index < -0.39 is 11.8 Å². The van der Waals surface area contributed by atoms with Crippen molar-refractivity contribution in [2.45, 2.75) is 13.0 Å². The molecule has 0 aliphatic carbocycles. The van der Waals surface area contributed by atoms with Crippen LogP contribution in [0.25, 0.3) is 11.3 Å². The Morgan fingerprint density at radius 3 is 3.04 bits per heavy atom. The van der Waals surface area contributed by atoms with Crippen molar-refractivity contribution in [3.05, 3.63) is 40.2 Å². The molecule has 3 aromatic rings. The molecule has 0 saturated heterocycles. The van der Waals surface area contributed by atoms with Gasteiger partial charge in [-0.3, -0.25) is 0 Å². The van der Waals surface area contributed by atoms with Crippen LogP contribution in [0.3, 0.4) is 0 Å². The maximum Gasteiger partial charge on any atom is 0.343 e. The highest BCUT2D eigenvalue weighted by Gasteiger charge is 2.30. The molecule has 0 saturated carbocycles. The van der Waals surface area contributed by atoms with Gasteiger partial charge in [-0.05, 0) is 18.2 Å². The highest BCUT2D eigenvalue weighted by molar-refractivity contribution is 7.15. The Hall–Kier alpha value is -3.14. The standard InChI is InChI=1S/C17H15FN4O4S/c1-25-11-6-8(2-3-9(11)18)14-13(16(23)24)15(21-26-14)22-5-4-10-12(7-22)27-17(19)20-10/h2-3,6H,4-5,7H2,1H3,(H2,19,20)(H,23,24). The molecule has 2 aromatic heterocycles. The van der Waals surface area contributed by atoms with Crippen molar-refractivity contribution in [1.82, 2.24) is 10.1 Å². The first kappa shape index (κ1) is 17.3. The summed E-state index contributed by atoms with van der Waals surface area (Å²) in [5, 5.41) is 14.2. The maximum absolute atomic E-state index is 13.7. The molecule has 3 N–H and O–H groups in total. The molecule has 140 valence electrons. The van der Waals surface area contributed by atoms with Gasteiger partial charge in [-0.15, -0.1) is 11.3 Å². The van der Waals surface area contributed by atoms with Crippen molar-refractivity contribution in [3.8, 4) is 17.1 Å². The molecule has 10 heteroatoms. The van der Waals surface area contributed by atoms with Gasteiger partial charge in [-0.2, -0.15) is 0 Å². The molecule has 1 aliphatic rings. The van der Waals surface area contributed by atoms with E-state index >= 15 is 0 Å². The van der Waals surface area contributed by atoms with Crippen molar-refractivity contribution in [2.24, 2.45) is 0 Å². The second kappa shape index (κ2) is 6.54. The quantitative estimate of drug-likeness (QED) is 0.699. The van der Waals surface area contributed by atoms with Gasteiger partial charge < -0.3 is 25.0 Å². The number of methoxy groups -OCH3 is 1. The number of ether oxygens (including phenoxy) is 1. The van der Waals surface area contributed by atoms with E-state index in [4.69, 9.17) is 15.0 Å². The molecular weight excluding hydrogens is 375 g/mol. The van der Waals surface area contributed by atoms with Crippen LogP contribution in [0.4, 0.5) is 15.3 Å². The average molecular weight is 390 g/mol. The number of carbonyl (C=O) groups is 1. The molecule has 0 bridgehead atoms. The molecule has 8 nitrogen and oxygen atoms in total. The maximum atomic E-state index is 13.7. The Kier molecular flexibility index (Phi) is 4.19. The number of carboxylic acid groups (broad SMARTS) is 1. The van der Waals surface area contributed by atoms with Crippen molar-refractivity contribution >= 4 is 28.3 Å². The SMILES string of the molecule is COc1cc(-c2onc(N3CCc4nc(N)sc4C3)c2C(=O)O)ccc1F. The second-order valence-electron chi connectivity index (χ2n) is 5.96. The molecule has 0 atom stereocenters. The van der Waals surface area contributed by atoms with Crippen molar-refractivity contribution < 1.29 is 23.6 Å². The zero-order valence-electron chi connectivity index (χ0n) is 14.2. The molecule has 0 amide bonds. The van der Waals surface area contributed by atoms with Crippen LogP contribution >= 0.6 is 11.3 Å². The predicted molar refractivity (Wildman–Crippen MR) is 96.7 cm³/mol. The molecule has 0 spiro atoms. The first-order valence-electron chi connectivity index (χ1n) is 8.03. The summed E-state index contributed by atoms with van der Waals surface area (Å²) in [6.45, 7) is 0.984. The summed E-state index contributed by atoms with van der Waals surface area (Å²) in [4.78, 5) is 19.0. The van der Waals surface area contributed by atoms with Crippen molar-refractivity contribution in [2.75, 3.05) is 24.3 Å². The summed E-state index contributed by atoms with van der Waals surface area (Å²) < 4.78 is 24.0. The fraction of sp³-hybridized carbons (Fsp3) is 0.235. The van der Waals surface area contributed by atoms with Crippen LogP contribution in [0.2, 0.25) is 0 Å². The van der Waals surface area contributed by atoms with E-state index in [1.54, 1.807) is 0 Å². The van der Waals surface area contributed by atoms with Crippen LogP contribution in [-0.2, 0) is 13.0 Å². The van der Waals surface area contributed by atoms with Gasteiger partial charge in [0, 0.05) is 23.4 Å². The number of nitrogens with zero attached hydrogens (tertiary/aromatic N) is 3. The zero-order chi connectivity index (χ0) is 19.1. The Bertz CT molecular complexity index is 1030. The van der Waals surface area contributed by atoms with E-state index in [1.165, 1.54) is 36.6 Å². The number of aromatic nitrogens is 2. The van der Waals surface area contributed by atoms with Crippen molar-refractivity contribution in [1.29, 1.82) is 0 Å². The van der Waals surface area contributed by atoms with Crippen LogP contribution in [0.5, 0.6) is 5.75 Å². The number of anilines is 2. The lowest BCUT2D eigenvalue weighted by atomic mass is 10.1. The first-order chi connectivity index (χ1) is 13.0. The van der Waals surface area contributed by atoms with Crippen LogP contribution in [0, 0.1) is 5.82 Å². The summed E-state index contributed by atoms with van der Waals surface area (Å²) >= 11 is 1.37. The van der Waals surface area contributed by atoms with Crippen molar-refractivity contribution in [3.63, 3.8) is 0 Å². The first-order valence-corrected chi connectivity index (χ1v) is 8.85. The van der Waals surface area contributed by atoms with Gasteiger partial charge in [0.1, 0.15) is 0 Å². The number of halogens is 1. The lowest BCUT2D eigenvalue weighted by Gasteiger charge is -2.25. The van der Waals surface area contributed by atoms with E-state index in [2.05, 4.69) is 10.1 Å². The fourth-order valence-electron chi connectivity index (χ4n) is 3.08. The summed E-state index contributed by atoms with van der Waals surface area (Å²) in [5.74, 6) is -1.48. The summed E-state index contributed by atoms with van der Waals surface area (Å²) in [6, 6.07) is 3.99. The second-order valence-corrected chi connectivity index (χ2v) is 7.07. The van der Waals surface area contributed by atoms with Gasteiger partial charge in [-0.25, -0.2) is 14.2 Å². The van der Waals surface area contributed by atoms with E-state index in [0.717, 1.165) is 10.6 Å². The third kappa shape index (κ3) is 2.97. The smallest absolute Gasteiger partial charge is 0.343 e. The number of nitrogens with two attached hydrogens (primary N) is 1. The normalized spacial score (nSPS) is 13.5. The number of fused-ring (bicyclic) bond motifs is 1. The van der Waals surface area contributed by atoms with Gasteiger partial charge >= 0.3 is 5.97 Å². The van der Waals surface area contributed by atoms with E-state index in [0.29, 0.717) is 30.2 Å². The number of rotatable bonds is 4. The Morgan fingerprint density at radius 1 is 1.48 bits per heavy atom. The molecule has 1 aromatic carbocycles. The third-order valence-corrected chi connectivity index (χ3v) is 5.26. The third-order valence-electron chi connectivity index (χ3n) is 4.35. The number of hydrogen-bond acceptors (Lipinski definition) is 8. The minimum absolute atomic E-state index is 0.00969. The Morgan fingerprint density at radius 2 is 2.30 bits per heavy atom. The lowest BCUT2D eigenvalue weighted by Crippen LogP contribution is -2.31. The van der Waals surface area contributed by atoms with Gasteiger partial charge in [0.05, 0.1) is 19.3 Å².